The van der Waals surface area contributed by atoms with E-state index in [0.717, 1.165) is 45.0 Å². The Kier molecular flexibility index (Phi) is 4.78. The number of nitrogens with zero attached hydrogens (tertiary/aromatic N) is 4. The van der Waals surface area contributed by atoms with Gasteiger partial charge in [0.1, 0.15) is 12.2 Å². The molecule has 2 saturated heterocycles. The third-order valence-electron chi connectivity index (χ3n) is 6.52. The van der Waals surface area contributed by atoms with Gasteiger partial charge in [-0.1, -0.05) is 12.8 Å². The van der Waals surface area contributed by atoms with Gasteiger partial charge in [-0.15, -0.1) is 10.2 Å². The first-order chi connectivity index (χ1) is 12.2. The quantitative estimate of drug-likeness (QED) is 0.781. The van der Waals surface area contributed by atoms with Crippen LogP contribution in [0.1, 0.15) is 38.4 Å². The van der Waals surface area contributed by atoms with Crippen LogP contribution in [-0.2, 0) is 17.8 Å². The molecule has 1 amide bonds. The second-order valence-electron chi connectivity index (χ2n) is 7.89. The summed E-state index contributed by atoms with van der Waals surface area (Å²) in [6.45, 7) is 7.37. The Balaban J connectivity index is 1.36. The molecule has 3 heterocycles. The summed E-state index contributed by atoms with van der Waals surface area (Å²) in [6, 6.07) is 0.707. The standard InChI is InChI=1S/C18H30N6O/c1-2-23-13-21-22-16(23)7-8-20-17(25)18-11-19-9-14(18)10-24(12-18)15-5-3-4-6-15/h13-15,19H,2-12H2,1H3,(H,20,25)/t14-,18-/m1/s1. The van der Waals surface area contributed by atoms with Crippen LogP contribution in [0.25, 0.3) is 0 Å². The average Bonchev–Trinajstić information content (AvgIpc) is 3.36. The number of rotatable bonds is 6. The van der Waals surface area contributed by atoms with Crippen LogP contribution in [0.3, 0.4) is 0 Å². The summed E-state index contributed by atoms with van der Waals surface area (Å²) in [7, 11) is 0. The lowest BCUT2D eigenvalue weighted by molar-refractivity contribution is -0.130. The van der Waals surface area contributed by atoms with E-state index < -0.39 is 0 Å². The Morgan fingerprint density at radius 2 is 2.28 bits per heavy atom. The molecule has 3 fully saturated rings. The van der Waals surface area contributed by atoms with Gasteiger partial charge in [0.25, 0.3) is 0 Å². The zero-order valence-electron chi connectivity index (χ0n) is 15.2. The van der Waals surface area contributed by atoms with Crippen molar-refractivity contribution in [3.05, 3.63) is 12.2 Å². The van der Waals surface area contributed by atoms with Gasteiger partial charge in [0.15, 0.2) is 0 Å². The minimum absolute atomic E-state index is 0.227. The molecular formula is C18H30N6O. The second-order valence-corrected chi connectivity index (χ2v) is 7.89. The van der Waals surface area contributed by atoms with Crippen molar-refractivity contribution in [3.8, 4) is 0 Å². The smallest absolute Gasteiger partial charge is 0.229 e. The van der Waals surface area contributed by atoms with Gasteiger partial charge < -0.3 is 15.2 Å². The van der Waals surface area contributed by atoms with E-state index in [9.17, 15) is 4.79 Å². The Morgan fingerprint density at radius 3 is 3.08 bits per heavy atom. The first-order valence-electron chi connectivity index (χ1n) is 9.82. The van der Waals surface area contributed by atoms with Crippen LogP contribution >= 0.6 is 0 Å². The molecule has 1 aromatic rings. The largest absolute Gasteiger partial charge is 0.355 e. The fourth-order valence-electron chi connectivity index (χ4n) is 5.03. The van der Waals surface area contributed by atoms with Crippen molar-refractivity contribution in [1.29, 1.82) is 0 Å². The van der Waals surface area contributed by atoms with E-state index in [0.29, 0.717) is 18.5 Å². The highest BCUT2D eigenvalue weighted by Gasteiger charge is 2.55. The van der Waals surface area contributed by atoms with Gasteiger partial charge in [-0.05, 0) is 19.8 Å². The normalized spacial score (nSPS) is 30.0. The number of carbonyl (C=O) groups is 1. The first kappa shape index (κ1) is 17.0. The van der Waals surface area contributed by atoms with Crippen molar-refractivity contribution in [2.45, 2.75) is 51.6 Å². The topological polar surface area (TPSA) is 75.1 Å². The average molecular weight is 346 g/mol. The van der Waals surface area contributed by atoms with Crippen molar-refractivity contribution in [2.75, 3.05) is 32.7 Å². The fourth-order valence-corrected chi connectivity index (χ4v) is 5.03. The predicted molar refractivity (Wildman–Crippen MR) is 95.0 cm³/mol. The number of hydrogen-bond donors (Lipinski definition) is 2. The molecule has 25 heavy (non-hydrogen) atoms. The van der Waals surface area contributed by atoms with E-state index in [2.05, 4.69) is 32.7 Å². The van der Waals surface area contributed by atoms with Crippen LogP contribution in [0, 0.1) is 11.3 Å². The van der Waals surface area contributed by atoms with E-state index in [4.69, 9.17) is 0 Å². The van der Waals surface area contributed by atoms with Gasteiger partial charge in [-0.2, -0.15) is 0 Å². The number of carbonyl (C=O) groups excluding carboxylic acids is 1. The number of amides is 1. The lowest BCUT2D eigenvalue weighted by Gasteiger charge is -2.29. The molecule has 4 rings (SSSR count). The molecule has 1 aromatic heterocycles. The summed E-state index contributed by atoms with van der Waals surface area (Å²) < 4.78 is 2.03. The highest BCUT2D eigenvalue weighted by atomic mass is 16.2. The molecule has 7 heteroatoms. The van der Waals surface area contributed by atoms with Crippen LogP contribution in [0.5, 0.6) is 0 Å². The molecular weight excluding hydrogens is 316 g/mol. The Bertz CT molecular complexity index is 610. The van der Waals surface area contributed by atoms with Crippen molar-refractivity contribution in [3.63, 3.8) is 0 Å². The maximum absolute atomic E-state index is 13.1. The van der Waals surface area contributed by atoms with Crippen LogP contribution in [0.2, 0.25) is 0 Å². The summed E-state index contributed by atoms with van der Waals surface area (Å²) >= 11 is 0. The maximum Gasteiger partial charge on any atom is 0.229 e. The van der Waals surface area contributed by atoms with E-state index in [1.807, 2.05) is 4.57 Å². The first-order valence-corrected chi connectivity index (χ1v) is 9.82. The summed E-state index contributed by atoms with van der Waals surface area (Å²) in [5.74, 6) is 1.62. The molecule has 3 aliphatic rings. The van der Waals surface area contributed by atoms with Crippen LogP contribution < -0.4 is 10.6 Å². The van der Waals surface area contributed by atoms with E-state index >= 15 is 0 Å². The third-order valence-corrected chi connectivity index (χ3v) is 6.52. The molecule has 0 aromatic carbocycles. The van der Waals surface area contributed by atoms with Gasteiger partial charge in [0.05, 0.1) is 5.41 Å². The fraction of sp³-hybridized carbons (Fsp3) is 0.833. The highest BCUT2D eigenvalue weighted by Crippen LogP contribution is 2.42. The third kappa shape index (κ3) is 3.08. The molecule has 2 aliphatic heterocycles. The van der Waals surface area contributed by atoms with Gasteiger partial charge in [0.2, 0.25) is 5.91 Å². The lowest BCUT2D eigenvalue weighted by atomic mass is 9.80. The van der Waals surface area contributed by atoms with Crippen LogP contribution in [-0.4, -0.2) is 64.3 Å². The van der Waals surface area contributed by atoms with Crippen LogP contribution in [0.4, 0.5) is 0 Å². The zero-order chi connectivity index (χ0) is 17.3. The van der Waals surface area contributed by atoms with Gasteiger partial charge in [0, 0.05) is 57.6 Å². The maximum atomic E-state index is 13.1. The second kappa shape index (κ2) is 7.03. The summed E-state index contributed by atoms with van der Waals surface area (Å²) in [5, 5.41) is 14.8. The van der Waals surface area contributed by atoms with Crippen molar-refractivity contribution >= 4 is 5.91 Å². The Morgan fingerprint density at radius 1 is 1.44 bits per heavy atom. The van der Waals surface area contributed by atoms with Gasteiger partial charge in [-0.3, -0.25) is 9.69 Å². The molecule has 1 aliphatic carbocycles. The molecule has 138 valence electrons. The number of aryl methyl sites for hydroxylation is 1. The molecule has 7 nitrogen and oxygen atoms in total. The monoisotopic (exact) mass is 346 g/mol. The molecule has 0 unspecified atom stereocenters. The van der Waals surface area contributed by atoms with Gasteiger partial charge in [-0.25, -0.2) is 0 Å². The molecule has 0 bridgehead atoms. The van der Waals surface area contributed by atoms with E-state index in [-0.39, 0.29) is 11.3 Å². The molecule has 2 N–H and O–H groups in total. The van der Waals surface area contributed by atoms with Gasteiger partial charge >= 0.3 is 0 Å². The van der Waals surface area contributed by atoms with Crippen LogP contribution in [0.15, 0.2) is 6.33 Å². The Labute approximate surface area is 149 Å². The number of nitrogens with one attached hydrogen (secondary N) is 2. The summed E-state index contributed by atoms with van der Waals surface area (Å²) in [4.78, 5) is 15.7. The Hall–Kier alpha value is -1.47. The van der Waals surface area contributed by atoms with Crippen molar-refractivity contribution in [1.82, 2.24) is 30.3 Å². The molecule has 0 radical (unpaired) electrons. The zero-order valence-corrected chi connectivity index (χ0v) is 15.2. The summed E-state index contributed by atoms with van der Waals surface area (Å²) in [6.07, 6.45) is 7.81. The number of aromatic nitrogens is 3. The van der Waals surface area contributed by atoms with Crippen molar-refractivity contribution < 1.29 is 4.79 Å². The minimum atomic E-state index is -0.235. The number of hydrogen-bond acceptors (Lipinski definition) is 5. The SMILES string of the molecule is CCn1cnnc1CCNC(=O)[C@@]12CNC[C@@H]1CN(C1CCCC1)C2. The molecule has 2 atom stereocenters. The summed E-state index contributed by atoms with van der Waals surface area (Å²) in [5.41, 5.74) is -0.235. The van der Waals surface area contributed by atoms with Crippen molar-refractivity contribution in [2.24, 2.45) is 11.3 Å². The number of likely N-dealkylation sites (tertiary alicyclic amines) is 1. The molecule has 1 saturated carbocycles. The lowest BCUT2D eigenvalue weighted by Crippen LogP contribution is -2.48. The highest BCUT2D eigenvalue weighted by molar-refractivity contribution is 5.84. The van der Waals surface area contributed by atoms with E-state index in [1.165, 1.54) is 25.7 Å². The van der Waals surface area contributed by atoms with E-state index in [1.54, 1.807) is 6.33 Å². The molecule has 0 spiro atoms. The predicted octanol–water partition coefficient (Wildman–Crippen LogP) is 0.421. The minimum Gasteiger partial charge on any atom is -0.355 e. The number of fused-ring (bicyclic) bond motifs is 1.